The van der Waals surface area contributed by atoms with Crippen LogP contribution in [0.2, 0.25) is 5.02 Å². The Morgan fingerprint density at radius 1 is 1.09 bits per heavy atom. The first-order chi connectivity index (χ1) is 5.36. The maximum absolute atomic E-state index is 5.83. The van der Waals surface area contributed by atoms with E-state index in [9.17, 15) is 0 Å². The van der Waals surface area contributed by atoms with Gasteiger partial charge in [0.1, 0.15) is 0 Å². The van der Waals surface area contributed by atoms with Crippen LogP contribution in [0, 0.1) is 0 Å². The monoisotopic (exact) mass is 168 g/mol. The zero-order chi connectivity index (χ0) is 7.68. The van der Waals surface area contributed by atoms with E-state index in [-0.39, 0.29) is 0 Å². The SMILES string of the molecule is Clc1ccc2c(c1)CNNC2. The lowest BCUT2D eigenvalue weighted by molar-refractivity contribution is 0.496. The molecule has 0 aliphatic carbocycles. The lowest BCUT2D eigenvalue weighted by Gasteiger charge is -2.17. The summed E-state index contributed by atoms with van der Waals surface area (Å²) < 4.78 is 0. The molecule has 0 saturated carbocycles. The molecule has 1 aliphatic heterocycles. The van der Waals surface area contributed by atoms with E-state index in [4.69, 9.17) is 11.6 Å². The first-order valence-electron chi connectivity index (χ1n) is 3.59. The molecule has 2 N–H and O–H groups in total. The molecule has 1 aromatic carbocycles. The summed E-state index contributed by atoms with van der Waals surface area (Å²) in [5.41, 5.74) is 8.74. The van der Waals surface area contributed by atoms with Gasteiger partial charge in [0.25, 0.3) is 0 Å². The van der Waals surface area contributed by atoms with Crippen molar-refractivity contribution in [2.75, 3.05) is 0 Å². The van der Waals surface area contributed by atoms with Gasteiger partial charge in [-0.2, -0.15) is 0 Å². The second-order valence-corrected chi connectivity index (χ2v) is 3.06. The molecular formula is C8H9ClN2. The first-order valence-corrected chi connectivity index (χ1v) is 3.97. The number of hydrazine groups is 1. The fraction of sp³-hybridized carbons (Fsp3) is 0.250. The van der Waals surface area contributed by atoms with Gasteiger partial charge in [-0.05, 0) is 23.3 Å². The van der Waals surface area contributed by atoms with Gasteiger partial charge in [-0.3, -0.25) is 10.9 Å². The van der Waals surface area contributed by atoms with Gasteiger partial charge in [-0.25, -0.2) is 0 Å². The second kappa shape index (κ2) is 2.81. The van der Waals surface area contributed by atoms with Crippen LogP contribution in [0.5, 0.6) is 0 Å². The third-order valence-corrected chi connectivity index (χ3v) is 2.09. The Bertz CT molecular complexity index is 273. The van der Waals surface area contributed by atoms with Gasteiger partial charge in [0, 0.05) is 18.1 Å². The number of benzene rings is 1. The van der Waals surface area contributed by atoms with Crippen LogP contribution in [0.25, 0.3) is 0 Å². The molecule has 11 heavy (non-hydrogen) atoms. The van der Waals surface area contributed by atoms with E-state index in [1.807, 2.05) is 12.1 Å². The molecule has 0 amide bonds. The van der Waals surface area contributed by atoms with E-state index in [0.717, 1.165) is 18.1 Å². The van der Waals surface area contributed by atoms with E-state index >= 15 is 0 Å². The highest BCUT2D eigenvalue weighted by molar-refractivity contribution is 6.30. The third-order valence-electron chi connectivity index (χ3n) is 1.85. The summed E-state index contributed by atoms with van der Waals surface area (Å²) in [4.78, 5) is 0. The molecule has 0 atom stereocenters. The third kappa shape index (κ3) is 1.38. The van der Waals surface area contributed by atoms with Crippen molar-refractivity contribution in [3.8, 4) is 0 Å². The molecule has 0 bridgehead atoms. The molecule has 58 valence electrons. The highest BCUT2D eigenvalue weighted by atomic mass is 35.5. The predicted molar refractivity (Wildman–Crippen MR) is 45.1 cm³/mol. The number of fused-ring (bicyclic) bond motifs is 1. The normalized spacial score (nSPS) is 16.1. The minimum atomic E-state index is 0.812. The van der Waals surface area contributed by atoms with E-state index in [0.29, 0.717) is 0 Å². The molecule has 0 unspecified atom stereocenters. The summed E-state index contributed by atoms with van der Waals surface area (Å²) in [6.45, 7) is 1.74. The zero-order valence-electron chi connectivity index (χ0n) is 6.02. The van der Waals surface area contributed by atoms with Crippen LogP contribution in [0.4, 0.5) is 0 Å². The zero-order valence-corrected chi connectivity index (χ0v) is 6.78. The average Bonchev–Trinajstić information content (AvgIpc) is 2.04. The molecule has 2 nitrogen and oxygen atoms in total. The van der Waals surface area contributed by atoms with Crippen molar-refractivity contribution < 1.29 is 0 Å². The van der Waals surface area contributed by atoms with Crippen LogP contribution in [0.1, 0.15) is 11.1 Å². The molecule has 0 saturated heterocycles. The van der Waals surface area contributed by atoms with Crippen LogP contribution in [-0.4, -0.2) is 0 Å². The number of hydrogen-bond donors (Lipinski definition) is 2. The summed E-state index contributed by atoms with van der Waals surface area (Å²) in [5, 5.41) is 0.812. The van der Waals surface area contributed by atoms with Crippen molar-refractivity contribution in [1.29, 1.82) is 0 Å². The molecule has 2 rings (SSSR count). The van der Waals surface area contributed by atoms with Gasteiger partial charge in [-0.1, -0.05) is 17.7 Å². The Labute approximate surface area is 70.5 Å². The summed E-state index contributed by atoms with van der Waals surface area (Å²) in [6, 6.07) is 5.99. The van der Waals surface area contributed by atoms with Crippen molar-refractivity contribution in [2.24, 2.45) is 0 Å². The molecule has 0 fully saturated rings. The Morgan fingerprint density at radius 2 is 1.82 bits per heavy atom. The largest absolute Gasteiger partial charge is 0.253 e. The number of halogens is 1. The van der Waals surface area contributed by atoms with Gasteiger partial charge in [0.05, 0.1) is 0 Å². The summed E-state index contributed by atoms with van der Waals surface area (Å²) in [5.74, 6) is 0. The highest BCUT2D eigenvalue weighted by Gasteiger charge is 2.06. The van der Waals surface area contributed by atoms with Crippen LogP contribution in [0.3, 0.4) is 0 Å². The summed E-state index contributed by atoms with van der Waals surface area (Å²) in [7, 11) is 0. The quantitative estimate of drug-likeness (QED) is 0.613. The van der Waals surface area contributed by atoms with Crippen LogP contribution < -0.4 is 10.9 Å². The molecule has 0 radical (unpaired) electrons. The number of rotatable bonds is 0. The minimum absolute atomic E-state index is 0.812. The second-order valence-electron chi connectivity index (χ2n) is 2.62. The van der Waals surface area contributed by atoms with Crippen molar-refractivity contribution >= 4 is 11.6 Å². The minimum Gasteiger partial charge on any atom is -0.253 e. The standard InChI is InChI=1S/C8H9ClN2/c9-8-2-1-6-4-10-11-5-7(6)3-8/h1-3,10-11H,4-5H2. The molecule has 0 aromatic heterocycles. The average molecular weight is 169 g/mol. The summed E-state index contributed by atoms with van der Waals surface area (Å²) >= 11 is 5.83. The molecule has 1 aliphatic rings. The van der Waals surface area contributed by atoms with Crippen LogP contribution in [0.15, 0.2) is 18.2 Å². The molecule has 0 spiro atoms. The number of hydrogen-bond acceptors (Lipinski definition) is 2. The van der Waals surface area contributed by atoms with E-state index in [2.05, 4.69) is 16.9 Å². The fourth-order valence-corrected chi connectivity index (χ4v) is 1.44. The van der Waals surface area contributed by atoms with Gasteiger partial charge < -0.3 is 0 Å². The predicted octanol–water partition coefficient (Wildman–Crippen LogP) is 1.45. The van der Waals surface area contributed by atoms with Gasteiger partial charge >= 0.3 is 0 Å². The Morgan fingerprint density at radius 3 is 2.64 bits per heavy atom. The molecule has 1 aromatic rings. The number of nitrogens with one attached hydrogen (secondary N) is 2. The van der Waals surface area contributed by atoms with Crippen molar-refractivity contribution in [1.82, 2.24) is 10.9 Å². The molecule has 3 heteroatoms. The smallest absolute Gasteiger partial charge is 0.0409 e. The fourth-order valence-electron chi connectivity index (χ4n) is 1.25. The van der Waals surface area contributed by atoms with Crippen molar-refractivity contribution in [3.63, 3.8) is 0 Å². The Balaban J connectivity index is 2.43. The lowest BCUT2D eigenvalue weighted by Crippen LogP contribution is -2.35. The van der Waals surface area contributed by atoms with Crippen LogP contribution >= 0.6 is 11.6 Å². The highest BCUT2D eigenvalue weighted by Crippen LogP contribution is 2.17. The maximum atomic E-state index is 5.83. The van der Waals surface area contributed by atoms with Gasteiger partial charge in [-0.15, -0.1) is 0 Å². The molecule has 1 heterocycles. The molecular weight excluding hydrogens is 160 g/mol. The van der Waals surface area contributed by atoms with Crippen molar-refractivity contribution in [2.45, 2.75) is 13.1 Å². The van der Waals surface area contributed by atoms with E-state index < -0.39 is 0 Å². The van der Waals surface area contributed by atoms with Crippen LogP contribution in [-0.2, 0) is 13.1 Å². The topological polar surface area (TPSA) is 24.1 Å². The Hall–Kier alpha value is -0.570. The summed E-state index contributed by atoms with van der Waals surface area (Å²) in [6.07, 6.45) is 0. The van der Waals surface area contributed by atoms with Crippen molar-refractivity contribution in [3.05, 3.63) is 34.3 Å². The maximum Gasteiger partial charge on any atom is 0.0409 e. The van der Waals surface area contributed by atoms with Gasteiger partial charge in [0.15, 0.2) is 0 Å². The van der Waals surface area contributed by atoms with E-state index in [1.165, 1.54) is 11.1 Å². The van der Waals surface area contributed by atoms with E-state index in [1.54, 1.807) is 0 Å². The van der Waals surface area contributed by atoms with Gasteiger partial charge in [0.2, 0.25) is 0 Å². The Kier molecular flexibility index (Phi) is 1.82. The first kappa shape index (κ1) is 7.10. The lowest BCUT2D eigenvalue weighted by atomic mass is 10.1.